The molecule has 3 nitrogen and oxygen atoms in total. The Morgan fingerprint density at radius 1 is 1.15 bits per heavy atom. The van der Waals surface area contributed by atoms with E-state index in [2.05, 4.69) is 47.6 Å². The predicted molar refractivity (Wildman–Crippen MR) is 109 cm³/mol. The zero-order valence-corrected chi connectivity index (χ0v) is 18.5. The van der Waals surface area contributed by atoms with Crippen molar-refractivity contribution < 1.29 is 9.47 Å². The number of rotatable bonds is 9. The van der Waals surface area contributed by atoms with E-state index in [-0.39, 0.29) is 23.2 Å². The van der Waals surface area contributed by atoms with Crippen LogP contribution in [0.5, 0.6) is 0 Å². The lowest BCUT2D eigenvalue weighted by Crippen LogP contribution is -2.64. The van der Waals surface area contributed by atoms with Crippen LogP contribution in [0.1, 0.15) is 92.9 Å². The van der Waals surface area contributed by atoms with Gasteiger partial charge in [-0.05, 0) is 94.3 Å². The van der Waals surface area contributed by atoms with Gasteiger partial charge in [-0.3, -0.25) is 0 Å². The Kier molecular flexibility index (Phi) is 6.01. The van der Waals surface area contributed by atoms with Crippen LogP contribution in [-0.4, -0.2) is 18.5 Å². The van der Waals surface area contributed by atoms with E-state index in [0.717, 1.165) is 25.4 Å². The van der Waals surface area contributed by atoms with E-state index in [4.69, 9.17) is 9.47 Å². The lowest BCUT2D eigenvalue weighted by atomic mass is 9.38. The lowest BCUT2D eigenvalue weighted by Gasteiger charge is -2.68. The van der Waals surface area contributed by atoms with Gasteiger partial charge < -0.3 is 9.47 Å². The average molecular weight is 376 g/mol. The third-order valence-electron chi connectivity index (χ3n) is 8.82. The Bertz CT molecular complexity index is 551. The second-order valence-corrected chi connectivity index (χ2v) is 10.5. The minimum atomic E-state index is -0.111. The summed E-state index contributed by atoms with van der Waals surface area (Å²) >= 11 is 0. The largest absolute Gasteiger partial charge is 0.353 e. The van der Waals surface area contributed by atoms with Crippen molar-refractivity contribution in [3.8, 4) is 6.07 Å². The van der Waals surface area contributed by atoms with Crippen molar-refractivity contribution in [1.82, 2.24) is 0 Å². The maximum atomic E-state index is 9.44. The van der Waals surface area contributed by atoms with Gasteiger partial charge in [0, 0.05) is 12.5 Å². The van der Waals surface area contributed by atoms with E-state index in [9.17, 15) is 5.26 Å². The Morgan fingerprint density at radius 3 is 2.30 bits per heavy atom. The van der Waals surface area contributed by atoms with Crippen molar-refractivity contribution in [2.45, 2.75) is 105 Å². The molecule has 5 atom stereocenters. The van der Waals surface area contributed by atoms with Gasteiger partial charge in [0.05, 0.1) is 11.7 Å². The van der Waals surface area contributed by atoms with Crippen molar-refractivity contribution in [3.63, 3.8) is 0 Å². The summed E-state index contributed by atoms with van der Waals surface area (Å²) in [6.07, 6.45) is 9.72. The molecule has 0 aliphatic heterocycles. The standard InChI is InChI=1S/C24H41NO2/c1-7-9-26-18(4)27-23(6)20-10-19-11-21(23)15-24(13-19,14-20)22(5,8-2)12-17(3)16-25/h17-21H,7-15H2,1-6H3. The summed E-state index contributed by atoms with van der Waals surface area (Å²) in [5.41, 5.74) is 0.631. The van der Waals surface area contributed by atoms with E-state index < -0.39 is 0 Å². The van der Waals surface area contributed by atoms with Crippen molar-refractivity contribution in [3.05, 3.63) is 0 Å². The summed E-state index contributed by atoms with van der Waals surface area (Å²) in [6, 6.07) is 2.51. The first-order valence-corrected chi connectivity index (χ1v) is 11.4. The number of nitrogens with zero attached hydrogens (tertiary/aromatic N) is 1. The molecular formula is C24H41NO2. The fourth-order valence-corrected chi connectivity index (χ4v) is 7.25. The van der Waals surface area contributed by atoms with Crippen molar-refractivity contribution >= 4 is 0 Å². The summed E-state index contributed by atoms with van der Waals surface area (Å²) in [5.74, 6) is 2.28. The third kappa shape index (κ3) is 3.58. The summed E-state index contributed by atoms with van der Waals surface area (Å²) < 4.78 is 12.5. The predicted octanol–water partition coefficient (Wildman–Crippen LogP) is 6.33. The Labute approximate surface area is 167 Å². The molecule has 4 fully saturated rings. The highest BCUT2D eigenvalue weighted by molar-refractivity contribution is 5.15. The van der Waals surface area contributed by atoms with Crippen LogP contribution in [-0.2, 0) is 9.47 Å². The minimum Gasteiger partial charge on any atom is -0.353 e. The van der Waals surface area contributed by atoms with Crippen LogP contribution in [0.25, 0.3) is 0 Å². The monoisotopic (exact) mass is 375 g/mol. The van der Waals surface area contributed by atoms with Gasteiger partial charge >= 0.3 is 0 Å². The van der Waals surface area contributed by atoms with E-state index >= 15 is 0 Å². The van der Waals surface area contributed by atoms with Gasteiger partial charge in [0.2, 0.25) is 0 Å². The number of ether oxygens (including phenoxy) is 2. The first-order valence-electron chi connectivity index (χ1n) is 11.4. The zero-order chi connectivity index (χ0) is 19.9. The maximum absolute atomic E-state index is 9.44. The summed E-state index contributed by atoms with van der Waals surface area (Å²) in [4.78, 5) is 0. The molecule has 3 heteroatoms. The van der Waals surface area contributed by atoms with Crippen LogP contribution in [0.4, 0.5) is 0 Å². The van der Waals surface area contributed by atoms with Gasteiger partial charge in [0.25, 0.3) is 0 Å². The molecule has 4 bridgehead atoms. The smallest absolute Gasteiger partial charge is 0.155 e. The topological polar surface area (TPSA) is 42.2 Å². The van der Waals surface area contributed by atoms with Crippen molar-refractivity contribution in [1.29, 1.82) is 5.26 Å². The maximum Gasteiger partial charge on any atom is 0.155 e. The molecule has 4 aliphatic rings. The van der Waals surface area contributed by atoms with Gasteiger partial charge in [-0.15, -0.1) is 0 Å². The van der Waals surface area contributed by atoms with Crippen LogP contribution in [0.15, 0.2) is 0 Å². The molecule has 4 aliphatic carbocycles. The summed E-state index contributed by atoms with van der Waals surface area (Å²) in [7, 11) is 0. The molecule has 27 heavy (non-hydrogen) atoms. The van der Waals surface area contributed by atoms with E-state index in [1.54, 1.807) is 0 Å². The van der Waals surface area contributed by atoms with Gasteiger partial charge in [0.1, 0.15) is 0 Å². The number of hydrogen-bond donors (Lipinski definition) is 0. The Hall–Kier alpha value is -0.590. The summed E-state index contributed by atoms with van der Waals surface area (Å²) in [6.45, 7) is 14.3. The number of nitriles is 1. The van der Waals surface area contributed by atoms with Crippen LogP contribution >= 0.6 is 0 Å². The van der Waals surface area contributed by atoms with Crippen LogP contribution in [0.2, 0.25) is 0 Å². The number of hydrogen-bond acceptors (Lipinski definition) is 3. The molecule has 154 valence electrons. The molecule has 4 saturated carbocycles. The molecule has 0 aromatic rings. The van der Waals surface area contributed by atoms with Gasteiger partial charge in [0.15, 0.2) is 6.29 Å². The minimum absolute atomic E-state index is 0.0386. The first-order chi connectivity index (χ1) is 12.7. The Morgan fingerprint density at radius 2 is 1.78 bits per heavy atom. The fraction of sp³-hybridized carbons (Fsp3) is 0.958. The lowest BCUT2D eigenvalue weighted by molar-refractivity contribution is -0.292. The molecule has 0 spiro atoms. The van der Waals surface area contributed by atoms with E-state index in [0.29, 0.717) is 17.3 Å². The zero-order valence-electron chi connectivity index (χ0n) is 18.5. The highest BCUT2D eigenvalue weighted by atomic mass is 16.7. The van der Waals surface area contributed by atoms with Crippen LogP contribution in [0.3, 0.4) is 0 Å². The fourth-order valence-electron chi connectivity index (χ4n) is 7.25. The quantitative estimate of drug-likeness (QED) is 0.442. The summed E-state index contributed by atoms with van der Waals surface area (Å²) in [5, 5.41) is 9.44. The van der Waals surface area contributed by atoms with E-state index in [1.165, 1.54) is 38.5 Å². The van der Waals surface area contributed by atoms with Crippen molar-refractivity contribution in [2.75, 3.05) is 6.61 Å². The molecule has 4 rings (SSSR count). The molecule has 0 saturated heterocycles. The third-order valence-corrected chi connectivity index (χ3v) is 8.82. The average Bonchev–Trinajstić information content (AvgIpc) is 2.63. The molecule has 0 heterocycles. The highest BCUT2D eigenvalue weighted by Crippen LogP contribution is 2.70. The molecule has 0 aromatic carbocycles. The SMILES string of the molecule is CCCOC(C)OC1(C)C2CC3CC1CC(C(C)(CC)CC(C)C#N)(C3)C2. The van der Waals surface area contributed by atoms with Crippen LogP contribution < -0.4 is 0 Å². The molecule has 5 unspecified atom stereocenters. The second-order valence-electron chi connectivity index (χ2n) is 10.5. The normalized spacial score (nSPS) is 41.7. The van der Waals surface area contributed by atoms with Gasteiger partial charge in [-0.2, -0.15) is 5.26 Å². The molecule has 0 radical (unpaired) electrons. The Balaban J connectivity index is 1.82. The molecular weight excluding hydrogens is 334 g/mol. The van der Waals surface area contributed by atoms with Gasteiger partial charge in [-0.25, -0.2) is 0 Å². The second kappa shape index (κ2) is 7.68. The highest BCUT2D eigenvalue weighted by Gasteiger charge is 2.65. The molecule has 0 N–H and O–H groups in total. The van der Waals surface area contributed by atoms with E-state index in [1.807, 2.05) is 0 Å². The van der Waals surface area contributed by atoms with Crippen molar-refractivity contribution in [2.24, 2.45) is 34.5 Å². The molecule has 0 amide bonds. The van der Waals surface area contributed by atoms with Crippen LogP contribution in [0, 0.1) is 45.8 Å². The molecule has 0 aromatic heterocycles. The first kappa shape index (κ1) is 21.1. The van der Waals surface area contributed by atoms with Gasteiger partial charge in [-0.1, -0.05) is 27.2 Å².